The van der Waals surface area contributed by atoms with E-state index in [0.717, 1.165) is 5.69 Å². The van der Waals surface area contributed by atoms with Gasteiger partial charge in [0.1, 0.15) is 6.67 Å². The Labute approximate surface area is 86.4 Å². The van der Waals surface area contributed by atoms with Gasteiger partial charge in [0.15, 0.2) is 0 Å². The third-order valence-electron chi connectivity index (χ3n) is 2.10. The van der Waals surface area contributed by atoms with Crippen molar-refractivity contribution >= 4 is 0 Å². The Morgan fingerprint density at radius 3 is 2.73 bits per heavy atom. The minimum atomic E-state index is -0.0705. The van der Waals surface area contributed by atoms with Gasteiger partial charge in [0.05, 0.1) is 24.6 Å². The van der Waals surface area contributed by atoms with Crippen molar-refractivity contribution in [2.24, 2.45) is 0 Å². The lowest BCUT2D eigenvalue weighted by Crippen LogP contribution is -2.13. The molecule has 2 rings (SSSR count). The molecule has 0 amide bonds. The van der Waals surface area contributed by atoms with Crippen molar-refractivity contribution in [1.82, 2.24) is 19.6 Å². The van der Waals surface area contributed by atoms with E-state index in [4.69, 9.17) is 10.2 Å². The minimum Gasteiger partial charge on any atom is -0.390 e. The van der Waals surface area contributed by atoms with Gasteiger partial charge in [-0.15, -0.1) is 0 Å². The molecule has 0 aromatic carbocycles. The van der Waals surface area contributed by atoms with Crippen molar-refractivity contribution in [3.63, 3.8) is 0 Å². The summed E-state index contributed by atoms with van der Waals surface area (Å²) >= 11 is 0. The summed E-state index contributed by atoms with van der Waals surface area (Å²) in [7, 11) is 0. The SMILES string of the molecule is OCc1ccn(Cn2nccc2CO)n1. The second-order valence-electron chi connectivity index (χ2n) is 3.13. The molecule has 0 bridgehead atoms. The molecule has 2 N–H and O–H groups in total. The van der Waals surface area contributed by atoms with E-state index in [-0.39, 0.29) is 13.2 Å². The summed E-state index contributed by atoms with van der Waals surface area (Å²) in [5, 5.41) is 26.0. The summed E-state index contributed by atoms with van der Waals surface area (Å²) in [6.07, 6.45) is 3.39. The van der Waals surface area contributed by atoms with Gasteiger partial charge in [-0.25, -0.2) is 4.68 Å². The first-order chi connectivity index (χ1) is 7.33. The normalized spacial score (nSPS) is 10.8. The minimum absolute atomic E-state index is 0.0475. The Bertz CT molecular complexity index is 435. The number of aliphatic hydroxyl groups is 2. The fraction of sp³-hybridized carbons (Fsp3) is 0.333. The van der Waals surface area contributed by atoms with Crippen molar-refractivity contribution in [2.45, 2.75) is 19.9 Å². The van der Waals surface area contributed by atoms with Crippen LogP contribution in [0.5, 0.6) is 0 Å². The van der Waals surface area contributed by atoms with Gasteiger partial charge in [0.25, 0.3) is 0 Å². The van der Waals surface area contributed by atoms with E-state index in [1.165, 1.54) is 0 Å². The number of hydrogen-bond acceptors (Lipinski definition) is 4. The maximum absolute atomic E-state index is 9.01. The fourth-order valence-corrected chi connectivity index (χ4v) is 1.33. The summed E-state index contributed by atoms with van der Waals surface area (Å²) in [6.45, 7) is 0.315. The molecule has 0 spiro atoms. The highest BCUT2D eigenvalue weighted by Gasteiger charge is 2.02. The molecule has 2 heterocycles. The van der Waals surface area contributed by atoms with Gasteiger partial charge in [-0.05, 0) is 12.1 Å². The van der Waals surface area contributed by atoms with E-state index in [0.29, 0.717) is 12.4 Å². The van der Waals surface area contributed by atoms with Gasteiger partial charge < -0.3 is 10.2 Å². The average molecular weight is 208 g/mol. The zero-order valence-corrected chi connectivity index (χ0v) is 8.11. The molecule has 0 aliphatic rings. The van der Waals surface area contributed by atoms with Crippen LogP contribution in [0, 0.1) is 0 Å². The number of hydrogen-bond donors (Lipinski definition) is 2. The van der Waals surface area contributed by atoms with Crippen LogP contribution in [0.4, 0.5) is 0 Å². The first kappa shape index (κ1) is 9.88. The summed E-state index contributed by atoms with van der Waals surface area (Å²) in [5.41, 5.74) is 1.35. The van der Waals surface area contributed by atoms with Gasteiger partial charge in [0.2, 0.25) is 0 Å². The molecule has 2 aromatic heterocycles. The Hall–Kier alpha value is -1.66. The Morgan fingerprint density at radius 2 is 2.07 bits per heavy atom. The molecule has 0 aliphatic carbocycles. The Morgan fingerprint density at radius 1 is 1.20 bits per heavy atom. The van der Waals surface area contributed by atoms with Crippen molar-refractivity contribution in [3.8, 4) is 0 Å². The third-order valence-corrected chi connectivity index (χ3v) is 2.10. The number of rotatable bonds is 4. The van der Waals surface area contributed by atoms with Crippen LogP contribution in [0.25, 0.3) is 0 Å². The molecule has 6 heteroatoms. The Kier molecular flexibility index (Phi) is 2.79. The highest BCUT2D eigenvalue weighted by atomic mass is 16.3. The number of aliphatic hydroxyl groups excluding tert-OH is 2. The molecule has 0 fully saturated rings. The van der Waals surface area contributed by atoms with Crippen molar-refractivity contribution in [1.29, 1.82) is 0 Å². The number of aromatic nitrogens is 4. The molecule has 0 unspecified atom stereocenters. The highest BCUT2D eigenvalue weighted by molar-refractivity contribution is 5.00. The fourth-order valence-electron chi connectivity index (χ4n) is 1.33. The molecule has 6 nitrogen and oxygen atoms in total. The largest absolute Gasteiger partial charge is 0.390 e. The first-order valence-corrected chi connectivity index (χ1v) is 4.58. The van der Waals surface area contributed by atoms with Crippen LogP contribution in [-0.4, -0.2) is 29.8 Å². The molecule has 0 saturated heterocycles. The van der Waals surface area contributed by atoms with E-state index in [1.54, 1.807) is 33.9 Å². The van der Waals surface area contributed by atoms with Crippen molar-refractivity contribution < 1.29 is 10.2 Å². The van der Waals surface area contributed by atoms with Crippen LogP contribution in [0.3, 0.4) is 0 Å². The molecule has 15 heavy (non-hydrogen) atoms. The maximum Gasteiger partial charge on any atom is 0.133 e. The van der Waals surface area contributed by atoms with Crippen LogP contribution in [0.15, 0.2) is 24.5 Å². The summed E-state index contributed by atoms with van der Waals surface area (Å²) in [4.78, 5) is 0. The van der Waals surface area contributed by atoms with Gasteiger partial charge >= 0.3 is 0 Å². The molecule has 0 aliphatic heterocycles. The van der Waals surface area contributed by atoms with Crippen molar-refractivity contribution in [3.05, 3.63) is 35.9 Å². The zero-order chi connectivity index (χ0) is 10.7. The molecular weight excluding hydrogens is 196 g/mol. The van der Waals surface area contributed by atoms with Gasteiger partial charge in [-0.1, -0.05) is 0 Å². The monoisotopic (exact) mass is 208 g/mol. The van der Waals surface area contributed by atoms with Gasteiger partial charge in [-0.2, -0.15) is 10.2 Å². The van der Waals surface area contributed by atoms with Crippen molar-refractivity contribution in [2.75, 3.05) is 0 Å². The maximum atomic E-state index is 9.01. The molecule has 0 saturated carbocycles. The van der Waals surface area contributed by atoms with E-state index in [9.17, 15) is 0 Å². The molecule has 80 valence electrons. The summed E-state index contributed by atoms with van der Waals surface area (Å²) in [6, 6.07) is 3.48. The van der Waals surface area contributed by atoms with Crippen LogP contribution >= 0.6 is 0 Å². The second-order valence-corrected chi connectivity index (χ2v) is 3.13. The van der Waals surface area contributed by atoms with Crippen LogP contribution < -0.4 is 0 Å². The second kappa shape index (κ2) is 4.24. The Balaban J connectivity index is 2.14. The van der Waals surface area contributed by atoms with E-state index >= 15 is 0 Å². The predicted molar refractivity (Wildman–Crippen MR) is 51.7 cm³/mol. The first-order valence-electron chi connectivity index (χ1n) is 4.58. The van der Waals surface area contributed by atoms with Crippen LogP contribution in [-0.2, 0) is 19.9 Å². The summed E-state index contributed by atoms with van der Waals surface area (Å²) in [5.74, 6) is 0. The number of nitrogens with zero attached hydrogens (tertiary/aromatic N) is 4. The van der Waals surface area contributed by atoms with Gasteiger partial charge in [-0.3, -0.25) is 4.68 Å². The quantitative estimate of drug-likeness (QED) is 0.714. The molecule has 0 atom stereocenters. The van der Waals surface area contributed by atoms with E-state index < -0.39 is 0 Å². The zero-order valence-electron chi connectivity index (χ0n) is 8.11. The molecular formula is C9H12N4O2. The highest BCUT2D eigenvalue weighted by Crippen LogP contribution is 2.00. The third kappa shape index (κ3) is 2.05. The smallest absolute Gasteiger partial charge is 0.133 e. The van der Waals surface area contributed by atoms with Crippen LogP contribution in [0.2, 0.25) is 0 Å². The van der Waals surface area contributed by atoms with E-state index in [1.807, 2.05) is 0 Å². The predicted octanol–water partition coefficient (Wildman–Crippen LogP) is -0.430. The van der Waals surface area contributed by atoms with E-state index in [2.05, 4.69) is 10.2 Å². The lowest BCUT2D eigenvalue weighted by atomic mass is 10.5. The summed E-state index contributed by atoms with van der Waals surface area (Å²) < 4.78 is 3.30. The molecule has 0 radical (unpaired) electrons. The molecule has 2 aromatic rings. The average Bonchev–Trinajstić information content (AvgIpc) is 2.87. The standard InChI is InChI=1S/C9H12N4O2/c14-5-8-2-4-12(11-8)7-13-9(6-15)1-3-10-13/h1-4,14-15H,5-7H2. The van der Waals surface area contributed by atoms with Gasteiger partial charge in [0, 0.05) is 12.4 Å². The van der Waals surface area contributed by atoms with Crippen LogP contribution in [0.1, 0.15) is 11.4 Å². The lowest BCUT2D eigenvalue weighted by molar-refractivity contribution is 0.263. The lowest BCUT2D eigenvalue weighted by Gasteiger charge is -2.05. The topological polar surface area (TPSA) is 76.1 Å².